The molecule has 200 valence electrons. The number of primary amides is 1. The fourth-order valence-corrected chi connectivity index (χ4v) is 3.21. The highest BCUT2D eigenvalue weighted by Crippen LogP contribution is 2.13. The number of phenolic OH excluding ortho intramolecular Hbond substituents is 1. The quantitative estimate of drug-likeness (QED) is 0.140. The van der Waals surface area contributed by atoms with Gasteiger partial charge in [-0.3, -0.25) is 19.2 Å². The zero-order chi connectivity index (χ0) is 27.6. The van der Waals surface area contributed by atoms with Crippen molar-refractivity contribution in [2.75, 3.05) is 0 Å². The van der Waals surface area contributed by atoms with Crippen LogP contribution >= 0.6 is 0 Å². The molecular weight excluding hydrogens is 474 g/mol. The Morgan fingerprint density at radius 2 is 1.36 bits per heavy atom. The average Bonchev–Trinajstić information content (AvgIpc) is 2.77. The molecular formula is C23H35N5O8. The number of phenols is 1. The van der Waals surface area contributed by atoms with Gasteiger partial charge in [0.25, 0.3) is 0 Å². The van der Waals surface area contributed by atoms with Crippen LogP contribution in [0.1, 0.15) is 39.2 Å². The molecule has 1 aromatic rings. The molecule has 10 N–H and O–H groups in total. The zero-order valence-corrected chi connectivity index (χ0v) is 20.4. The van der Waals surface area contributed by atoms with Gasteiger partial charge in [0.15, 0.2) is 0 Å². The molecule has 5 atom stereocenters. The molecule has 0 aromatic heterocycles. The van der Waals surface area contributed by atoms with Gasteiger partial charge in [-0.2, -0.15) is 0 Å². The molecule has 0 aliphatic rings. The number of rotatable bonds is 14. The molecule has 0 heterocycles. The van der Waals surface area contributed by atoms with Crippen LogP contribution in [0.5, 0.6) is 5.75 Å². The number of aliphatic carboxylic acids is 1. The predicted octanol–water partition coefficient (Wildman–Crippen LogP) is -1.90. The number of hydrogen-bond acceptors (Lipinski definition) is 8. The number of aliphatic hydroxyl groups is 1. The summed E-state index contributed by atoms with van der Waals surface area (Å²) in [6.45, 7) is 4.94. The van der Waals surface area contributed by atoms with E-state index in [1.165, 1.54) is 31.2 Å². The van der Waals surface area contributed by atoms with Crippen LogP contribution in [0.25, 0.3) is 0 Å². The lowest BCUT2D eigenvalue weighted by Gasteiger charge is -2.26. The Morgan fingerprint density at radius 3 is 1.83 bits per heavy atom. The minimum Gasteiger partial charge on any atom is -0.508 e. The molecule has 13 heteroatoms. The third-order valence-corrected chi connectivity index (χ3v) is 5.19. The van der Waals surface area contributed by atoms with Crippen LogP contribution in [-0.2, 0) is 30.4 Å². The van der Waals surface area contributed by atoms with E-state index in [2.05, 4.69) is 16.0 Å². The number of hydrogen-bond donors (Lipinski definition) is 8. The summed E-state index contributed by atoms with van der Waals surface area (Å²) in [5, 5.41) is 35.6. The van der Waals surface area contributed by atoms with Crippen molar-refractivity contribution in [2.24, 2.45) is 17.4 Å². The fraction of sp³-hybridized carbons (Fsp3) is 0.522. The number of carbonyl (C=O) groups is 5. The van der Waals surface area contributed by atoms with Crippen LogP contribution < -0.4 is 27.4 Å². The number of carboxylic acid groups (broad SMARTS) is 1. The van der Waals surface area contributed by atoms with Crippen molar-refractivity contribution >= 4 is 29.6 Å². The van der Waals surface area contributed by atoms with Crippen LogP contribution in [-0.4, -0.2) is 75.2 Å². The van der Waals surface area contributed by atoms with E-state index >= 15 is 0 Å². The van der Waals surface area contributed by atoms with E-state index in [0.717, 1.165) is 0 Å². The molecule has 0 saturated carbocycles. The van der Waals surface area contributed by atoms with Crippen LogP contribution in [0.15, 0.2) is 24.3 Å². The molecule has 0 saturated heterocycles. The topological polar surface area (TPSA) is 234 Å². The van der Waals surface area contributed by atoms with Crippen molar-refractivity contribution in [3.8, 4) is 5.75 Å². The molecule has 0 aliphatic heterocycles. The fourth-order valence-electron chi connectivity index (χ4n) is 3.21. The molecule has 5 unspecified atom stereocenters. The first kappa shape index (κ1) is 30.3. The second kappa shape index (κ2) is 14.0. The first-order valence-electron chi connectivity index (χ1n) is 11.3. The van der Waals surface area contributed by atoms with E-state index in [1.807, 2.05) is 13.8 Å². The normalized spacial score (nSPS) is 15.2. The Hall–Kier alpha value is -3.71. The maximum atomic E-state index is 13.1. The highest BCUT2D eigenvalue weighted by atomic mass is 16.4. The third kappa shape index (κ3) is 10.3. The van der Waals surface area contributed by atoms with E-state index in [1.54, 1.807) is 0 Å². The minimum absolute atomic E-state index is 0.0228. The summed E-state index contributed by atoms with van der Waals surface area (Å²) >= 11 is 0. The summed E-state index contributed by atoms with van der Waals surface area (Å²) in [5.74, 6) is -4.93. The van der Waals surface area contributed by atoms with Gasteiger partial charge in [-0.15, -0.1) is 0 Å². The van der Waals surface area contributed by atoms with Gasteiger partial charge in [-0.05, 0) is 37.0 Å². The summed E-state index contributed by atoms with van der Waals surface area (Å²) < 4.78 is 0. The van der Waals surface area contributed by atoms with Crippen molar-refractivity contribution in [1.82, 2.24) is 16.0 Å². The van der Waals surface area contributed by atoms with E-state index in [0.29, 0.717) is 5.56 Å². The van der Waals surface area contributed by atoms with E-state index in [4.69, 9.17) is 11.5 Å². The van der Waals surface area contributed by atoms with Crippen molar-refractivity contribution < 1.29 is 39.3 Å². The number of benzene rings is 1. The highest BCUT2D eigenvalue weighted by molar-refractivity contribution is 5.95. The van der Waals surface area contributed by atoms with Crippen molar-refractivity contribution in [3.05, 3.63) is 29.8 Å². The molecule has 0 radical (unpaired) electrons. The van der Waals surface area contributed by atoms with Crippen LogP contribution in [0.4, 0.5) is 0 Å². The summed E-state index contributed by atoms with van der Waals surface area (Å²) in [6.07, 6.45) is -1.75. The zero-order valence-electron chi connectivity index (χ0n) is 20.4. The Balaban J connectivity index is 3.18. The summed E-state index contributed by atoms with van der Waals surface area (Å²) in [7, 11) is 0. The van der Waals surface area contributed by atoms with Gasteiger partial charge in [-0.25, -0.2) is 4.79 Å². The molecule has 36 heavy (non-hydrogen) atoms. The number of carbonyl (C=O) groups excluding carboxylic acids is 4. The lowest BCUT2D eigenvalue weighted by molar-refractivity contribution is -0.143. The Labute approximate surface area is 208 Å². The van der Waals surface area contributed by atoms with Gasteiger partial charge < -0.3 is 42.7 Å². The van der Waals surface area contributed by atoms with Gasteiger partial charge in [0.1, 0.15) is 29.9 Å². The molecule has 1 rings (SSSR count). The smallest absolute Gasteiger partial charge is 0.326 e. The first-order chi connectivity index (χ1) is 16.7. The lowest BCUT2D eigenvalue weighted by atomic mass is 10.00. The maximum absolute atomic E-state index is 13.1. The molecule has 0 aliphatic carbocycles. The summed E-state index contributed by atoms with van der Waals surface area (Å²) in [5.41, 5.74) is 11.2. The van der Waals surface area contributed by atoms with Crippen LogP contribution in [0.2, 0.25) is 0 Å². The first-order valence-corrected chi connectivity index (χ1v) is 11.3. The monoisotopic (exact) mass is 509 g/mol. The van der Waals surface area contributed by atoms with E-state index in [-0.39, 0.29) is 24.5 Å². The molecule has 1 aromatic carbocycles. The van der Waals surface area contributed by atoms with Crippen LogP contribution in [0, 0.1) is 5.92 Å². The van der Waals surface area contributed by atoms with E-state index < -0.39 is 66.3 Å². The molecule has 4 amide bonds. The van der Waals surface area contributed by atoms with Gasteiger partial charge in [0, 0.05) is 6.42 Å². The number of aliphatic hydroxyl groups excluding tert-OH is 1. The van der Waals surface area contributed by atoms with Crippen molar-refractivity contribution in [2.45, 2.75) is 70.3 Å². The molecule has 13 nitrogen and oxygen atoms in total. The number of nitrogens with two attached hydrogens (primary N) is 2. The second-order valence-corrected chi connectivity index (χ2v) is 8.96. The highest BCUT2D eigenvalue weighted by Gasteiger charge is 2.32. The lowest BCUT2D eigenvalue weighted by Crippen LogP contribution is -2.58. The SMILES string of the molecule is CC(C)CC(NC(=O)C(N)C(C)O)C(=O)NC(Cc1ccc(O)cc1)C(=O)NC(CC(N)=O)C(=O)O. The third-order valence-electron chi connectivity index (χ3n) is 5.19. The maximum Gasteiger partial charge on any atom is 0.326 e. The van der Waals surface area contributed by atoms with Crippen molar-refractivity contribution in [3.63, 3.8) is 0 Å². The minimum atomic E-state index is -1.62. The Bertz CT molecular complexity index is 935. The number of amides is 4. The van der Waals surface area contributed by atoms with Crippen LogP contribution in [0.3, 0.4) is 0 Å². The second-order valence-electron chi connectivity index (χ2n) is 8.96. The number of nitrogens with one attached hydrogen (secondary N) is 3. The molecule has 0 spiro atoms. The summed E-state index contributed by atoms with van der Waals surface area (Å²) in [4.78, 5) is 61.1. The number of carboxylic acids is 1. The Kier molecular flexibility index (Phi) is 11.8. The largest absolute Gasteiger partial charge is 0.508 e. The van der Waals surface area contributed by atoms with E-state index in [9.17, 15) is 39.3 Å². The standard InChI is InChI=1S/C23H35N5O8/c1-11(2)8-15(27-22(34)19(25)12(3)29)20(32)26-16(9-13-4-6-14(30)7-5-13)21(33)28-17(23(35)36)10-18(24)31/h4-7,11-12,15-17,19,29-30H,8-10,25H2,1-3H3,(H2,24,31)(H,26,32)(H,27,34)(H,28,33)(H,35,36). The summed E-state index contributed by atoms with van der Waals surface area (Å²) in [6, 6.07) is 0.436. The Morgan fingerprint density at radius 1 is 0.861 bits per heavy atom. The van der Waals surface area contributed by atoms with Gasteiger partial charge in [-0.1, -0.05) is 26.0 Å². The average molecular weight is 510 g/mol. The predicted molar refractivity (Wildman–Crippen MR) is 128 cm³/mol. The van der Waals surface area contributed by atoms with Crippen molar-refractivity contribution in [1.29, 1.82) is 0 Å². The molecule has 0 fully saturated rings. The van der Waals surface area contributed by atoms with Gasteiger partial charge in [0.2, 0.25) is 23.6 Å². The van der Waals surface area contributed by atoms with Gasteiger partial charge >= 0.3 is 5.97 Å². The van der Waals surface area contributed by atoms with Gasteiger partial charge in [0.05, 0.1) is 12.5 Å². The molecule has 0 bridgehead atoms. The number of aromatic hydroxyl groups is 1.